The van der Waals surface area contributed by atoms with Gasteiger partial charge >= 0.3 is 0 Å². The molecule has 148 valence electrons. The van der Waals surface area contributed by atoms with Crippen LogP contribution in [0.2, 0.25) is 0 Å². The Kier molecular flexibility index (Phi) is 5.09. The SMILES string of the molecule is O=C(Nc1cccc(S(=O)(=O)Nc2ccccc2)c1)C1COc2ccccc2O1. The van der Waals surface area contributed by atoms with Crippen LogP contribution in [0.15, 0.2) is 83.8 Å². The number of hydrogen-bond acceptors (Lipinski definition) is 5. The van der Waals surface area contributed by atoms with Crippen LogP contribution in [0.5, 0.6) is 11.5 Å². The molecule has 3 aromatic rings. The van der Waals surface area contributed by atoms with E-state index in [0.29, 0.717) is 22.9 Å². The molecule has 0 fully saturated rings. The molecule has 7 nitrogen and oxygen atoms in total. The minimum absolute atomic E-state index is 0.0327. The van der Waals surface area contributed by atoms with Gasteiger partial charge in [0.05, 0.1) is 4.90 Å². The Bertz CT molecular complexity index is 1130. The topological polar surface area (TPSA) is 93.7 Å². The summed E-state index contributed by atoms with van der Waals surface area (Å²) in [6.07, 6.45) is -0.840. The number of hydrogen-bond donors (Lipinski definition) is 2. The second-order valence-electron chi connectivity index (χ2n) is 6.35. The third kappa shape index (κ3) is 4.33. The largest absolute Gasteiger partial charge is 0.485 e. The van der Waals surface area contributed by atoms with Crippen LogP contribution >= 0.6 is 0 Å². The number of para-hydroxylation sites is 3. The summed E-state index contributed by atoms with van der Waals surface area (Å²) < 4.78 is 38.9. The maximum Gasteiger partial charge on any atom is 0.269 e. The molecule has 0 aliphatic carbocycles. The van der Waals surface area contributed by atoms with Gasteiger partial charge in [-0.2, -0.15) is 0 Å². The lowest BCUT2D eigenvalue weighted by atomic mass is 10.2. The fourth-order valence-electron chi connectivity index (χ4n) is 2.83. The Morgan fingerprint density at radius 3 is 2.34 bits per heavy atom. The molecule has 3 aromatic carbocycles. The summed E-state index contributed by atoms with van der Waals surface area (Å²) in [5.74, 6) is 0.643. The summed E-state index contributed by atoms with van der Waals surface area (Å²) in [6, 6.07) is 21.7. The molecule has 0 bridgehead atoms. The van der Waals surface area contributed by atoms with E-state index in [2.05, 4.69) is 10.0 Å². The van der Waals surface area contributed by atoms with E-state index in [4.69, 9.17) is 9.47 Å². The van der Waals surface area contributed by atoms with Crippen molar-refractivity contribution < 1.29 is 22.7 Å². The van der Waals surface area contributed by atoms with Crippen molar-refractivity contribution in [3.8, 4) is 11.5 Å². The Hall–Kier alpha value is -3.52. The predicted molar refractivity (Wildman–Crippen MR) is 109 cm³/mol. The number of ether oxygens (including phenoxy) is 2. The molecule has 2 N–H and O–H groups in total. The number of anilines is 2. The number of nitrogens with one attached hydrogen (secondary N) is 2. The lowest BCUT2D eigenvalue weighted by molar-refractivity contribution is -0.125. The molecule has 8 heteroatoms. The van der Waals surface area contributed by atoms with E-state index in [1.807, 2.05) is 6.07 Å². The van der Waals surface area contributed by atoms with Gasteiger partial charge in [0.25, 0.3) is 15.9 Å². The molecule has 1 heterocycles. The molecule has 0 aromatic heterocycles. The molecule has 0 saturated carbocycles. The number of benzene rings is 3. The number of sulfonamides is 1. The van der Waals surface area contributed by atoms with Crippen LogP contribution in [-0.4, -0.2) is 27.0 Å². The zero-order chi connectivity index (χ0) is 20.3. The van der Waals surface area contributed by atoms with Crippen molar-refractivity contribution in [1.82, 2.24) is 0 Å². The summed E-state index contributed by atoms with van der Waals surface area (Å²) in [5, 5.41) is 2.68. The van der Waals surface area contributed by atoms with Crippen molar-refractivity contribution in [1.29, 1.82) is 0 Å². The van der Waals surface area contributed by atoms with Gasteiger partial charge in [-0.25, -0.2) is 8.42 Å². The zero-order valence-corrected chi connectivity index (χ0v) is 16.1. The van der Waals surface area contributed by atoms with Crippen LogP contribution < -0.4 is 19.5 Å². The van der Waals surface area contributed by atoms with Gasteiger partial charge in [0.2, 0.25) is 6.10 Å². The first kappa shape index (κ1) is 18.8. The standard InChI is InChI=1S/C21H18N2O5S/c24-21(20-14-27-18-11-4-5-12-19(18)28-20)22-16-9-6-10-17(13-16)29(25,26)23-15-7-2-1-3-8-15/h1-13,20,23H,14H2,(H,22,24). The van der Waals surface area contributed by atoms with Gasteiger partial charge in [0.15, 0.2) is 11.5 Å². The maximum atomic E-state index is 12.6. The molecule has 1 aliphatic rings. The number of rotatable bonds is 5. The van der Waals surface area contributed by atoms with Gasteiger partial charge in [-0.15, -0.1) is 0 Å². The van der Waals surface area contributed by atoms with Gasteiger partial charge in [0.1, 0.15) is 6.61 Å². The summed E-state index contributed by atoms with van der Waals surface area (Å²) in [4.78, 5) is 12.6. The minimum Gasteiger partial charge on any atom is -0.485 e. The fourth-order valence-corrected chi connectivity index (χ4v) is 3.94. The van der Waals surface area contributed by atoms with Crippen LogP contribution in [0.4, 0.5) is 11.4 Å². The summed E-state index contributed by atoms with van der Waals surface area (Å²) in [5.41, 5.74) is 0.793. The second-order valence-corrected chi connectivity index (χ2v) is 8.04. The predicted octanol–water partition coefficient (Wildman–Crippen LogP) is 3.27. The zero-order valence-electron chi connectivity index (χ0n) is 15.2. The molecule has 1 atom stereocenters. The molecule has 1 amide bonds. The maximum absolute atomic E-state index is 12.6. The average molecular weight is 410 g/mol. The van der Waals surface area contributed by atoms with Crippen molar-refractivity contribution in [2.24, 2.45) is 0 Å². The Morgan fingerprint density at radius 2 is 1.55 bits per heavy atom. The normalized spacial score (nSPS) is 15.4. The van der Waals surface area contributed by atoms with E-state index in [0.717, 1.165) is 0 Å². The van der Waals surface area contributed by atoms with Gasteiger partial charge in [-0.1, -0.05) is 36.4 Å². The quantitative estimate of drug-likeness (QED) is 0.673. The van der Waals surface area contributed by atoms with Crippen LogP contribution in [0.25, 0.3) is 0 Å². The summed E-state index contributed by atoms with van der Waals surface area (Å²) in [6.45, 7) is 0.0659. The van der Waals surface area contributed by atoms with Crippen molar-refractivity contribution in [2.45, 2.75) is 11.0 Å². The lowest BCUT2D eigenvalue weighted by Gasteiger charge is -2.25. The van der Waals surface area contributed by atoms with Crippen LogP contribution in [0, 0.1) is 0 Å². The number of amides is 1. The summed E-state index contributed by atoms with van der Waals surface area (Å²) >= 11 is 0. The highest BCUT2D eigenvalue weighted by Crippen LogP contribution is 2.31. The first-order valence-corrected chi connectivity index (χ1v) is 10.4. The first-order valence-electron chi connectivity index (χ1n) is 8.88. The third-order valence-corrected chi connectivity index (χ3v) is 5.62. The number of fused-ring (bicyclic) bond motifs is 1. The highest BCUT2D eigenvalue weighted by atomic mass is 32.2. The van der Waals surface area contributed by atoms with Crippen molar-refractivity contribution in [2.75, 3.05) is 16.6 Å². The van der Waals surface area contributed by atoms with E-state index in [1.165, 1.54) is 12.1 Å². The Labute approximate surface area is 168 Å². The van der Waals surface area contributed by atoms with Gasteiger partial charge in [-0.05, 0) is 42.5 Å². The number of carbonyl (C=O) groups is 1. The van der Waals surface area contributed by atoms with E-state index in [9.17, 15) is 13.2 Å². The van der Waals surface area contributed by atoms with Crippen molar-refractivity contribution in [3.63, 3.8) is 0 Å². The molecule has 1 unspecified atom stereocenters. The van der Waals surface area contributed by atoms with Crippen molar-refractivity contribution >= 4 is 27.3 Å². The Morgan fingerprint density at radius 1 is 0.862 bits per heavy atom. The van der Waals surface area contributed by atoms with E-state index >= 15 is 0 Å². The molecule has 0 spiro atoms. The molecular formula is C21H18N2O5S. The summed E-state index contributed by atoms with van der Waals surface area (Å²) in [7, 11) is -3.79. The van der Waals surface area contributed by atoms with Gasteiger partial charge < -0.3 is 14.8 Å². The van der Waals surface area contributed by atoms with E-state index < -0.39 is 22.0 Å². The molecule has 4 rings (SSSR count). The fraction of sp³-hybridized carbons (Fsp3) is 0.0952. The molecule has 1 aliphatic heterocycles. The molecule has 0 radical (unpaired) electrons. The lowest BCUT2D eigenvalue weighted by Crippen LogP contribution is -2.40. The highest BCUT2D eigenvalue weighted by molar-refractivity contribution is 7.92. The third-order valence-electron chi connectivity index (χ3n) is 4.24. The second kappa shape index (κ2) is 7.84. The molecular weight excluding hydrogens is 392 g/mol. The van der Waals surface area contributed by atoms with Crippen LogP contribution in [0.1, 0.15) is 0 Å². The molecule has 0 saturated heterocycles. The van der Waals surface area contributed by atoms with E-state index in [-0.39, 0.29) is 11.5 Å². The van der Waals surface area contributed by atoms with Crippen LogP contribution in [-0.2, 0) is 14.8 Å². The smallest absolute Gasteiger partial charge is 0.269 e. The highest BCUT2D eigenvalue weighted by Gasteiger charge is 2.27. The minimum atomic E-state index is -3.79. The van der Waals surface area contributed by atoms with Crippen LogP contribution in [0.3, 0.4) is 0 Å². The van der Waals surface area contributed by atoms with E-state index in [1.54, 1.807) is 60.7 Å². The average Bonchev–Trinajstić information content (AvgIpc) is 2.74. The number of carbonyl (C=O) groups excluding carboxylic acids is 1. The van der Waals surface area contributed by atoms with Crippen molar-refractivity contribution in [3.05, 3.63) is 78.9 Å². The molecule has 29 heavy (non-hydrogen) atoms. The van der Waals surface area contributed by atoms with Gasteiger partial charge in [0, 0.05) is 11.4 Å². The monoisotopic (exact) mass is 410 g/mol. The first-order chi connectivity index (χ1) is 14.0. The van der Waals surface area contributed by atoms with Gasteiger partial charge in [-0.3, -0.25) is 9.52 Å². The Balaban J connectivity index is 1.47.